The normalized spacial score (nSPS) is 15.6. The molecule has 2 aromatic carbocycles. The molecule has 4 rings (SSSR count). The highest BCUT2D eigenvalue weighted by molar-refractivity contribution is 5.97. The van der Waals surface area contributed by atoms with Gasteiger partial charge in [0.25, 0.3) is 0 Å². The van der Waals surface area contributed by atoms with Gasteiger partial charge in [-0.15, -0.1) is 18.3 Å². The summed E-state index contributed by atoms with van der Waals surface area (Å²) < 4.78 is 63.2. The maximum Gasteiger partial charge on any atom is 0.573 e. The number of benzene rings is 2. The lowest BCUT2D eigenvalue weighted by atomic mass is 10.1. The molecule has 2 heterocycles. The monoisotopic (exact) mass is 492 g/mol. The predicted octanol–water partition coefficient (Wildman–Crippen LogP) is 4.05. The number of carbonyl (C=O) groups is 2. The third kappa shape index (κ3) is 5.89. The maximum absolute atomic E-state index is 14.3. The van der Waals surface area contributed by atoms with Crippen LogP contribution in [0.3, 0.4) is 0 Å². The summed E-state index contributed by atoms with van der Waals surface area (Å²) in [5.74, 6) is -2.10. The number of hydrogen-bond donors (Lipinski definition) is 2. The summed E-state index contributed by atoms with van der Waals surface area (Å²) in [5.41, 5.74) is 0.727. The average Bonchev–Trinajstić information content (AvgIpc) is 3.39. The highest BCUT2D eigenvalue weighted by atomic mass is 19.4. The second-order valence-corrected chi connectivity index (χ2v) is 7.67. The molecular formula is C23H20F4N4O4. The first-order valence-corrected chi connectivity index (χ1v) is 10.6. The molecule has 0 aliphatic carbocycles. The zero-order valence-electron chi connectivity index (χ0n) is 18.4. The Morgan fingerprint density at radius 1 is 1.20 bits per heavy atom. The van der Waals surface area contributed by atoms with E-state index in [0.29, 0.717) is 0 Å². The van der Waals surface area contributed by atoms with Crippen molar-refractivity contribution in [2.45, 2.75) is 19.7 Å². The van der Waals surface area contributed by atoms with Crippen LogP contribution in [0.2, 0.25) is 0 Å². The van der Waals surface area contributed by atoms with Crippen LogP contribution in [0.1, 0.15) is 13.3 Å². The number of carbonyl (C=O) groups excluding carboxylic acids is 2. The summed E-state index contributed by atoms with van der Waals surface area (Å²) in [7, 11) is 0. The fourth-order valence-electron chi connectivity index (χ4n) is 3.64. The number of ether oxygens (including phenoxy) is 2. The highest BCUT2D eigenvalue weighted by Crippen LogP contribution is 2.32. The number of nitrogens with zero attached hydrogens (tertiary/aromatic N) is 2. The van der Waals surface area contributed by atoms with Crippen LogP contribution in [-0.2, 0) is 9.59 Å². The van der Waals surface area contributed by atoms with Crippen LogP contribution in [0, 0.1) is 11.7 Å². The molecule has 0 radical (unpaired) electrons. The molecule has 0 unspecified atom stereocenters. The molecule has 1 saturated heterocycles. The van der Waals surface area contributed by atoms with Crippen molar-refractivity contribution in [1.29, 1.82) is 0 Å². The minimum absolute atomic E-state index is 0.0256. The van der Waals surface area contributed by atoms with Crippen molar-refractivity contribution < 1.29 is 36.6 Å². The van der Waals surface area contributed by atoms with Crippen LogP contribution in [0.15, 0.2) is 48.5 Å². The first-order valence-electron chi connectivity index (χ1n) is 10.6. The minimum atomic E-state index is -4.89. The lowest BCUT2D eigenvalue weighted by Gasteiger charge is -2.12. The number of nitrogens with one attached hydrogen (secondary N) is 2. The number of hydrogen-bond acceptors (Lipinski definition) is 5. The van der Waals surface area contributed by atoms with Gasteiger partial charge < -0.3 is 20.1 Å². The molecule has 12 heteroatoms. The van der Waals surface area contributed by atoms with Gasteiger partial charge in [0.15, 0.2) is 5.82 Å². The molecule has 2 N–H and O–H groups in total. The summed E-state index contributed by atoms with van der Waals surface area (Å²) in [6.07, 6.45) is -4.86. The Morgan fingerprint density at radius 3 is 2.69 bits per heavy atom. The molecule has 184 valence electrons. The molecule has 1 atom stereocenters. The third-order valence-corrected chi connectivity index (χ3v) is 5.08. The van der Waals surface area contributed by atoms with E-state index in [-0.39, 0.29) is 54.0 Å². The van der Waals surface area contributed by atoms with E-state index in [1.54, 1.807) is 6.92 Å². The second-order valence-electron chi connectivity index (χ2n) is 7.67. The maximum atomic E-state index is 14.3. The first kappa shape index (κ1) is 24.0. The summed E-state index contributed by atoms with van der Waals surface area (Å²) in [6, 6.07) is 10.4. The van der Waals surface area contributed by atoms with Crippen LogP contribution in [0.4, 0.5) is 23.4 Å². The van der Waals surface area contributed by atoms with Gasteiger partial charge in [-0.1, -0.05) is 12.1 Å². The van der Waals surface area contributed by atoms with Crippen molar-refractivity contribution in [2.75, 3.05) is 18.5 Å². The summed E-state index contributed by atoms with van der Waals surface area (Å²) in [5, 5.41) is 9.51. The van der Waals surface area contributed by atoms with Crippen molar-refractivity contribution >= 4 is 17.6 Å². The zero-order valence-corrected chi connectivity index (χ0v) is 18.4. The number of anilines is 1. The Balaban J connectivity index is 1.75. The molecule has 35 heavy (non-hydrogen) atoms. The van der Waals surface area contributed by atoms with Crippen LogP contribution < -0.4 is 20.1 Å². The molecule has 0 spiro atoms. The van der Waals surface area contributed by atoms with Crippen molar-refractivity contribution in [3.8, 4) is 28.4 Å². The summed E-state index contributed by atoms with van der Waals surface area (Å²) in [6.45, 7) is 2.18. The van der Waals surface area contributed by atoms with Crippen molar-refractivity contribution in [2.24, 2.45) is 5.92 Å². The van der Waals surface area contributed by atoms with Crippen molar-refractivity contribution in [3.05, 3.63) is 54.3 Å². The number of aromatic nitrogens is 2. The van der Waals surface area contributed by atoms with E-state index in [1.807, 2.05) is 0 Å². The first-order chi connectivity index (χ1) is 16.6. The highest BCUT2D eigenvalue weighted by Gasteiger charge is 2.31. The van der Waals surface area contributed by atoms with E-state index in [4.69, 9.17) is 4.74 Å². The van der Waals surface area contributed by atoms with Crippen LogP contribution >= 0.6 is 0 Å². The molecule has 1 aliphatic heterocycles. The molecule has 1 aliphatic rings. The molecule has 1 aromatic heterocycles. The average molecular weight is 492 g/mol. The third-order valence-electron chi connectivity index (χ3n) is 5.08. The predicted molar refractivity (Wildman–Crippen MR) is 117 cm³/mol. The van der Waals surface area contributed by atoms with E-state index in [0.717, 1.165) is 12.1 Å². The molecule has 1 fully saturated rings. The summed E-state index contributed by atoms with van der Waals surface area (Å²) in [4.78, 5) is 24.0. The zero-order chi connectivity index (χ0) is 25.2. The fraction of sp³-hybridized carbons (Fsp3) is 0.261. The number of alkyl halides is 3. The van der Waals surface area contributed by atoms with E-state index in [9.17, 15) is 27.2 Å². The van der Waals surface area contributed by atoms with Crippen molar-refractivity contribution in [3.63, 3.8) is 0 Å². The largest absolute Gasteiger partial charge is 0.573 e. The lowest BCUT2D eigenvalue weighted by molar-refractivity contribution is -0.274. The van der Waals surface area contributed by atoms with E-state index < -0.39 is 29.8 Å². The minimum Gasteiger partial charge on any atom is -0.494 e. The standard InChI is InChI=1S/C23H20F4N4O4/c1-2-34-18-9-15(24)8-16(10-18)31-19(13-4-3-5-17(6-13)35-23(25,26)27)11-20(30-31)29-22(33)14-7-21(32)28-12-14/h3-6,8-11,14H,2,7,12H2,1H3,(H,28,32)(H,29,30,33)/t14-/m0/s1. The van der Waals surface area contributed by atoms with Crippen LogP contribution in [0.5, 0.6) is 11.5 Å². The van der Waals surface area contributed by atoms with Gasteiger partial charge in [0, 0.05) is 36.7 Å². The molecular weight excluding hydrogens is 472 g/mol. The Labute approximate surface area is 196 Å². The topological polar surface area (TPSA) is 94.5 Å². The van der Waals surface area contributed by atoms with Gasteiger partial charge in [0.05, 0.1) is 23.9 Å². The second kappa shape index (κ2) is 9.65. The van der Waals surface area contributed by atoms with Gasteiger partial charge in [-0.05, 0) is 25.1 Å². The van der Waals surface area contributed by atoms with Gasteiger partial charge in [-0.25, -0.2) is 9.07 Å². The summed E-state index contributed by atoms with van der Waals surface area (Å²) >= 11 is 0. The SMILES string of the molecule is CCOc1cc(F)cc(-n2nc(NC(=O)[C@@H]3CNC(=O)C3)cc2-c2cccc(OC(F)(F)F)c2)c1. The number of rotatable bonds is 7. The molecule has 0 saturated carbocycles. The molecule has 8 nitrogen and oxygen atoms in total. The fourth-order valence-corrected chi connectivity index (χ4v) is 3.64. The van der Waals surface area contributed by atoms with Gasteiger partial charge in [-0.3, -0.25) is 9.59 Å². The smallest absolute Gasteiger partial charge is 0.494 e. The van der Waals surface area contributed by atoms with Crippen LogP contribution in [-0.4, -0.2) is 41.1 Å². The Bertz CT molecular complexity index is 1260. The molecule has 0 bridgehead atoms. The van der Waals surface area contributed by atoms with E-state index >= 15 is 0 Å². The van der Waals surface area contributed by atoms with Gasteiger partial charge >= 0.3 is 6.36 Å². The van der Waals surface area contributed by atoms with Gasteiger partial charge in [-0.2, -0.15) is 0 Å². The Morgan fingerprint density at radius 2 is 2.00 bits per heavy atom. The Kier molecular flexibility index (Phi) is 6.63. The van der Waals surface area contributed by atoms with Gasteiger partial charge in [0.2, 0.25) is 11.8 Å². The molecule has 2 amide bonds. The van der Waals surface area contributed by atoms with Gasteiger partial charge in [0.1, 0.15) is 17.3 Å². The molecule has 3 aromatic rings. The number of amides is 2. The lowest BCUT2D eigenvalue weighted by Crippen LogP contribution is -2.24. The van der Waals surface area contributed by atoms with E-state index in [1.165, 1.54) is 41.1 Å². The quantitative estimate of drug-likeness (QED) is 0.486. The Hall–Kier alpha value is -4.09. The number of halogens is 4. The van der Waals surface area contributed by atoms with Crippen LogP contribution in [0.25, 0.3) is 16.9 Å². The van der Waals surface area contributed by atoms with E-state index in [2.05, 4.69) is 20.5 Å². The van der Waals surface area contributed by atoms with Crippen molar-refractivity contribution in [1.82, 2.24) is 15.1 Å².